The summed E-state index contributed by atoms with van der Waals surface area (Å²) in [5.41, 5.74) is 39.0. The van der Waals surface area contributed by atoms with Gasteiger partial charge in [-0.3, -0.25) is 0 Å². The number of aromatic nitrogens is 4. The molecule has 26 rings (SSSR count). The number of para-hydroxylation sites is 12. The van der Waals surface area contributed by atoms with Crippen molar-refractivity contribution in [2.75, 3.05) is 9.80 Å². The molecule has 2 aliphatic heterocycles. The van der Waals surface area contributed by atoms with E-state index >= 15 is 0 Å². The van der Waals surface area contributed by atoms with Gasteiger partial charge < -0.3 is 28.1 Å². The van der Waals surface area contributed by atoms with Crippen molar-refractivity contribution in [2.24, 2.45) is 0 Å². The van der Waals surface area contributed by atoms with E-state index in [0.717, 1.165) is 179 Å². The van der Waals surface area contributed by atoms with Gasteiger partial charge in [0.05, 0.1) is 78.3 Å². The highest BCUT2D eigenvalue weighted by Crippen LogP contribution is 2.54. The number of benzene rings is 20. The molecule has 0 spiro atoms. The zero-order valence-electron chi connectivity index (χ0n) is 69.2. The predicted molar refractivity (Wildman–Crippen MR) is 536 cm³/mol. The first-order valence-corrected chi connectivity index (χ1v) is 43.9. The second-order valence-corrected chi connectivity index (χ2v) is 33.7. The highest BCUT2D eigenvalue weighted by Gasteiger charge is 2.45. The first-order valence-electron chi connectivity index (χ1n) is 43.9. The van der Waals surface area contributed by atoms with Crippen LogP contribution in [0.4, 0.5) is 34.1 Å². The van der Waals surface area contributed by atoms with Crippen molar-refractivity contribution in [2.45, 2.75) is 0 Å². The monoisotopic (exact) mass is 1610 g/mol. The molecule has 0 bridgehead atoms. The lowest BCUT2D eigenvalue weighted by atomic mass is 9.33. The van der Waals surface area contributed by atoms with E-state index in [0.29, 0.717) is 0 Å². The standard InChI is InChI=1S/C120H77BN6/c1-5-35-78(36-6-1)84-71-85(79-37-7-2-8-38-79)73-86(72-84)87-76-116-118-117(77-87)125(103-56-24-14-44-89(103)81-41-11-4-12-42-81)115-75-83(91-54-34-66-113(123-106-59-27-17-47-94(106)95-48-18-28-60-107(95)123)120(91)127-110-63-31-21-51-98(110)99-52-22-32-64-111(99)127)68-70-101(115)121(118)100-69-67-82(74-114(100)124(116)102-55-23-13-43-88(102)80-39-9-3-10-40-80)90-53-33-65-112(122-104-57-25-15-45-92(104)93-46-16-26-58-105(93)122)119(90)126-108-61-29-19-49-96(108)97-50-20-30-62-109(97)126/h1-77H. The summed E-state index contributed by atoms with van der Waals surface area (Å²) >= 11 is 0. The normalized spacial score (nSPS) is 12.4. The summed E-state index contributed by atoms with van der Waals surface area (Å²) in [6.45, 7) is -0.329. The molecule has 0 amide bonds. The second kappa shape index (κ2) is 29.0. The zero-order valence-corrected chi connectivity index (χ0v) is 69.2. The molecule has 0 saturated carbocycles. The summed E-state index contributed by atoms with van der Waals surface area (Å²) in [4.78, 5) is 5.32. The van der Waals surface area contributed by atoms with Crippen LogP contribution in [-0.2, 0) is 0 Å². The summed E-state index contributed by atoms with van der Waals surface area (Å²) in [5, 5.41) is 9.61. The molecule has 0 fully saturated rings. The van der Waals surface area contributed by atoms with Crippen LogP contribution in [0.5, 0.6) is 0 Å². The number of hydrogen-bond donors (Lipinski definition) is 0. The molecular weight excluding hydrogens is 1540 g/mol. The molecule has 0 unspecified atom stereocenters. The Kier molecular flexibility index (Phi) is 16.4. The van der Waals surface area contributed by atoms with E-state index in [1.807, 2.05) is 0 Å². The van der Waals surface area contributed by atoms with E-state index < -0.39 is 0 Å². The Labute approximate surface area is 735 Å². The van der Waals surface area contributed by atoms with Crippen LogP contribution in [0.3, 0.4) is 0 Å². The summed E-state index contributed by atoms with van der Waals surface area (Å²) in [6.07, 6.45) is 0. The fourth-order valence-corrected chi connectivity index (χ4v) is 21.5. The highest BCUT2D eigenvalue weighted by molar-refractivity contribution is 7.00. The Morgan fingerprint density at radius 3 is 0.717 bits per heavy atom. The lowest BCUT2D eigenvalue weighted by Crippen LogP contribution is -2.61. The molecule has 0 saturated heterocycles. The van der Waals surface area contributed by atoms with Crippen LogP contribution in [0.2, 0.25) is 0 Å². The minimum absolute atomic E-state index is 0.329. The van der Waals surface area contributed by atoms with Crippen molar-refractivity contribution in [1.29, 1.82) is 0 Å². The molecule has 20 aromatic carbocycles. The minimum atomic E-state index is -0.329. The summed E-state index contributed by atoms with van der Waals surface area (Å²) < 4.78 is 10.2. The molecule has 0 aliphatic carbocycles. The minimum Gasteiger partial charge on any atom is -0.311 e. The van der Waals surface area contributed by atoms with Gasteiger partial charge in [0.25, 0.3) is 6.71 Å². The predicted octanol–water partition coefficient (Wildman–Crippen LogP) is 29.8. The number of rotatable bonds is 13. The van der Waals surface area contributed by atoms with Crippen molar-refractivity contribution in [3.05, 3.63) is 467 Å². The van der Waals surface area contributed by atoms with Gasteiger partial charge in [-0.05, 0) is 187 Å². The van der Waals surface area contributed by atoms with Crippen LogP contribution in [0.15, 0.2) is 467 Å². The first kappa shape index (κ1) is 71.9. The van der Waals surface area contributed by atoms with Crippen molar-refractivity contribution in [3.63, 3.8) is 0 Å². The Morgan fingerprint density at radius 2 is 0.386 bits per heavy atom. The molecule has 4 aromatic heterocycles. The smallest absolute Gasteiger partial charge is 0.252 e. The van der Waals surface area contributed by atoms with Gasteiger partial charge >= 0.3 is 0 Å². The molecule has 6 heterocycles. The lowest BCUT2D eigenvalue weighted by Gasteiger charge is -2.45. The fraction of sp³-hybridized carbons (Fsp3) is 0. The number of anilines is 6. The molecule has 590 valence electrons. The van der Waals surface area contributed by atoms with E-state index in [4.69, 9.17) is 0 Å². The average Bonchev–Trinajstić information content (AvgIpc) is 1.67. The van der Waals surface area contributed by atoms with Gasteiger partial charge in [0, 0.05) is 88.1 Å². The van der Waals surface area contributed by atoms with Crippen molar-refractivity contribution in [1.82, 2.24) is 18.3 Å². The zero-order chi connectivity index (χ0) is 83.3. The van der Waals surface area contributed by atoms with Crippen LogP contribution < -0.4 is 26.2 Å². The third kappa shape index (κ3) is 11.2. The molecule has 0 radical (unpaired) electrons. The van der Waals surface area contributed by atoms with Crippen molar-refractivity contribution < 1.29 is 0 Å². The highest BCUT2D eigenvalue weighted by atomic mass is 15.2. The second-order valence-electron chi connectivity index (χ2n) is 33.7. The van der Waals surface area contributed by atoms with E-state index in [9.17, 15) is 0 Å². The Balaban J connectivity index is 0.805. The van der Waals surface area contributed by atoms with E-state index in [1.165, 1.54) is 59.5 Å². The summed E-state index contributed by atoms with van der Waals surface area (Å²) in [6, 6.07) is 175. The largest absolute Gasteiger partial charge is 0.311 e. The van der Waals surface area contributed by atoms with Crippen LogP contribution >= 0.6 is 0 Å². The van der Waals surface area contributed by atoms with E-state index in [1.54, 1.807) is 0 Å². The summed E-state index contributed by atoms with van der Waals surface area (Å²) in [7, 11) is 0. The van der Waals surface area contributed by atoms with Crippen LogP contribution in [-0.4, -0.2) is 25.0 Å². The number of hydrogen-bond acceptors (Lipinski definition) is 2. The SMILES string of the molecule is c1ccc(-c2cc(-c3ccccc3)cc(-c3cc4c5c(c3)N(c3ccccc3-c3ccccc3)c3cc(-c6cccc(-n7c8ccccc8c8ccccc87)c6-n6c7ccccc7c7ccccc76)ccc3B5c3ccc(-c5cccc(-n6c7ccccc7c7ccccc76)c5-n5c6ccccc6c6ccccc65)cc3N4c3ccccc3-c3ccccc3)c2)cc1. The molecule has 7 heteroatoms. The summed E-state index contributed by atoms with van der Waals surface area (Å²) in [5.74, 6) is 0. The third-order valence-corrected chi connectivity index (χ3v) is 26.9. The molecule has 2 aliphatic rings. The van der Waals surface area contributed by atoms with Gasteiger partial charge in [0.15, 0.2) is 0 Å². The lowest BCUT2D eigenvalue weighted by molar-refractivity contribution is 1.10. The Bertz CT molecular complexity index is 7900. The maximum atomic E-state index is 2.66. The van der Waals surface area contributed by atoms with Gasteiger partial charge in [0.2, 0.25) is 0 Å². The van der Waals surface area contributed by atoms with Gasteiger partial charge in [-0.15, -0.1) is 0 Å². The number of nitrogens with zero attached hydrogens (tertiary/aromatic N) is 6. The topological polar surface area (TPSA) is 26.2 Å². The molecule has 127 heavy (non-hydrogen) atoms. The van der Waals surface area contributed by atoms with Crippen LogP contribution in [0.25, 0.3) is 188 Å². The molecule has 0 N–H and O–H groups in total. The van der Waals surface area contributed by atoms with Crippen molar-refractivity contribution in [3.8, 4) is 101 Å². The quantitative estimate of drug-likeness (QED) is 0.108. The maximum Gasteiger partial charge on any atom is 0.252 e. The van der Waals surface area contributed by atoms with Gasteiger partial charge in [-0.25, -0.2) is 0 Å². The van der Waals surface area contributed by atoms with Gasteiger partial charge in [-0.1, -0.05) is 352 Å². The van der Waals surface area contributed by atoms with Gasteiger partial charge in [-0.2, -0.15) is 0 Å². The van der Waals surface area contributed by atoms with Gasteiger partial charge in [0.1, 0.15) is 0 Å². The molecule has 24 aromatic rings. The molecular formula is C120H77BN6. The van der Waals surface area contributed by atoms with Crippen LogP contribution in [0.1, 0.15) is 0 Å². The van der Waals surface area contributed by atoms with E-state index in [2.05, 4.69) is 495 Å². The van der Waals surface area contributed by atoms with Crippen molar-refractivity contribution >= 4 is 144 Å². The molecule has 0 atom stereocenters. The Morgan fingerprint density at radius 1 is 0.142 bits per heavy atom. The Hall–Kier alpha value is -16.7. The first-order chi connectivity index (χ1) is 63.1. The van der Waals surface area contributed by atoms with E-state index in [-0.39, 0.29) is 6.71 Å². The third-order valence-electron chi connectivity index (χ3n) is 26.9. The maximum absolute atomic E-state index is 2.66. The molecule has 6 nitrogen and oxygen atoms in total. The fourth-order valence-electron chi connectivity index (χ4n) is 21.5. The average molecular weight is 1610 g/mol. The number of fused-ring (bicyclic) bond motifs is 16. The van der Waals surface area contributed by atoms with Crippen LogP contribution in [0, 0.1) is 0 Å².